The molecule has 0 aliphatic rings. The molecule has 100 valence electrons. The van der Waals surface area contributed by atoms with E-state index in [1.165, 1.54) is 11.3 Å². The van der Waals surface area contributed by atoms with Gasteiger partial charge in [0.15, 0.2) is 0 Å². The highest BCUT2D eigenvalue weighted by Gasteiger charge is 2.20. The van der Waals surface area contributed by atoms with Crippen LogP contribution < -0.4 is 5.73 Å². The van der Waals surface area contributed by atoms with Gasteiger partial charge in [-0.2, -0.15) is 0 Å². The number of hydrogen-bond donors (Lipinski definition) is 2. The Hall–Kier alpha value is -0.850. The molecule has 0 aliphatic carbocycles. The second-order valence-corrected chi connectivity index (χ2v) is 6.82. The average Bonchev–Trinajstić information content (AvgIpc) is 2.65. The van der Waals surface area contributed by atoms with E-state index in [0.717, 1.165) is 24.9 Å². The quantitative estimate of drug-likeness (QED) is 0.773. The lowest BCUT2D eigenvalue weighted by atomic mass is 10.1. The fourth-order valence-electron chi connectivity index (χ4n) is 1.91. The maximum Gasteiger partial charge on any atom is 0.348 e. The Morgan fingerprint density at radius 1 is 1.32 bits per heavy atom. The fraction of sp³-hybridized carbons (Fsp3) is 0.154. The molecular weight excluding hydrogens is 394 g/mol. The van der Waals surface area contributed by atoms with Crippen LogP contribution in [0.3, 0.4) is 0 Å². The minimum absolute atomic E-state index is 0.211. The van der Waals surface area contributed by atoms with Crippen molar-refractivity contribution in [3.63, 3.8) is 0 Å². The van der Waals surface area contributed by atoms with E-state index in [4.69, 9.17) is 10.8 Å². The topological polar surface area (TPSA) is 63.3 Å². The number of carbonyl (C=O) groups is 1. The molecule has 6 heteroatoms. The second kappa shape index (κ2) is 5.64. The van der Waals surface area contributed by atoms with Gasteiger partial charge in [-0.3, -0.25) is 0 Å². The van der Waals surface area contributed by atoms with Crippen LogP contribution >= 0.6 is 43.2 Å². The van der Waals surface area contributed by atoms with Crippen LogP contribution in [-0.4, -0.2) is 11.1 Å². The van der Waals surface area contributed by atoms with Gasteiger partial charge in [-0.05, 0) is 35.7 Å². The molecule has 1 aromatic heterocycles. The molecular formula is C13H11Br2NO2S. The second-order valence-electron chi connectivity index (χ2n) is 3.97. The highest BCUT2D eigenvalue weighted by atomic mass is 79.9. The van der Waals surface area contributed by atoms with Gasteiger partial charge < -0.3 is 10.8 Å². The lowest BCUT2D eigenvalue weighted by Crippen LogP contribution is -1.99. The summed E-state index contributed by atoms with van der Waals surface area (Å²) in [7, 11) is 0. The average molecular weight is 405 g/mol. The molecule has 2 rings (SSSR count). The molecule has 0 fully saturated rings. The Morgan fingerprint density at radius 3 is 2.37 bits per heavy atom. The fourth-order valence-corrected chi connectivity index (χ4v) is 4.34. The van der Waals surface area contributed by atoms with Gasteiger partial charge in [-0.15, -0.1) is 11.3 Å². The van der Waals surface area contributed by atoms with Crippen molar-refractivity contribution in [2.24, 2.45) is 0 Å². The lowest BCUT2D eigenvalue weighted by Gasteiger charge is -2.04. The molecule has 0 saturated carbocycles. The van der Waals surface area contributed by atoms with Crippen LogP contribution in [0, 0.1) is 0 Å². The lowest BCUT2D eigenvalue weighted by molar-refractivity contribution is 0.0703. The Labute approximate surface area is 131 Å². The first-order chi connectivity index (χ1) is 8.93. The van der Waals surface area contributed by atoms with E-state index < -0.39 is 5.97 Å². The first-order valence-electron chi connectivity index (χ1n) is 5.55. The number of carboxylic acid groups (broad SMARTS) is 1. The van der Waals surface area contributed by atoms with Crippen molar-refractivity contribution in [1.29, 1.82) is 0 Å². The molecule has 0 spiro atoms. The predicted octanol–water partition coefficient (Wildman–Crippen LogP) is 4.78. The van der Waals surface area contributed by atoms with Gasteiger partial charge in [0.1, 0.15) is 4.88 Å². The zero-order chi connectivity index (χ0) is 14.2. The van der Waals surface area contributed by atoms with Gasteiger partial charge in [0.25, 0.3) is 0 Å². The van der Waals surface area contributed by atoms with Crippen molar-refractivity contribution in [2.75, 3.05) is 5.73 Å². The number of nitrogens with two attached hydrogens (primary N) is 1. The van der Waals surface area contributed by atoms with Gasteiger partial charge in [0, 0.05) is 13.8 Å². The van der Waals surface area contributed by atoms with Crippen LogP contribution in [0.25, 0.3) is 10.4 Å². The van der Waals surface area contributed by atoms with E-state index in [0.29, 0.717) is 12.1 Å². The summed E-state index contributed by atoms with van der Waals surface area (Å²) in [4.78, 5) is 12.3. The number of nitrogen functional groups attached to an aromatic ring is 1. The Balaban J connectivity index is 2.67. The summed E-state index contributed by atoms with van der Waals surface area (Å²) in [5.41, 5.74) is 8.17. The molecule has 0 aliphatic heterocycles. The molecule has 0 unspecified atom stereocenters. The summed E-state index contributed by atoms with van der Waals surface area (Å²) in [6.45, 7) is 1.97. The Bertz CT molecular complexity index is 632. The maximum absolute atomic E-state index is 11.2. The van der Waals surface area contributed by atoms with Crippen molar-refractivity contribution >= 4 is 54.9 Å². The van der Waals surface area contributed by atoms with Crippen LogP contribution in [-0.2, 0) is 6.42 Å². The van der Waals surface area contributed by atoms with E-state index in [9.17, 15) is 4.79 Å². The van der Waals surface area contributed by atoms with Crippen LogP contribution in [0.1, 0.15) is 22.2 Å². The first kappa shape index (κ1) is 14.6. The Kier molecular flexibility index (Phi) is 4.32. The standard InChI is InChI=1S/C13H11Br2NO2S/c1-2-9-10(16)12(13(17)18)19-11(9)6-3-7(14)5-8(15)4-6/h3-5H,2,16H2,1H3,(H,17,18). The van der Waals surface area contributed by atoms with E-state index in [-0.39, 0.29) is 4.88 Å². The summed E-state index contributed by atoms with van der Waals surface area (Å²) >= 11 is 8.10. The Morgan fingerprint density at radius 2 is 1.89 bits per heavy atom. The van der Waals surface area contributed by atoms with Crippen molar-refractivity contribution in [3.05, 3.63) is 37.6 Å². The first-order valence-corrected chi connectivity index (χ1v) is 7.95. The number of hydrogen-bond acceptors (Lipinski definition) is 3. The van der Waals surface area contributed by atoms with Gasteiger partial charge in [-0.25, -0.2) is 4.79 Å². The summed E-state index contributed by atoms with van der Waals surface area (Å²) in [6.07, 6.45) is 0.703. The van der Waals surface area contributed by atoms with E-state index >= 15 is 0 Å². The molecule has 0 bridgehead atoms. The van der Waals surface area contributed by atoms with Crippen LogP contribution in [0.15, 0.2) is 27.1 Å². The molecule has 0 atom stereocenters. The zero-order valence-corrected chi connectivity index (χ0v) is 14.0. The van der Waals surface area contributed by atoms with Crippen LogP contribution in [0.5, 0.6) is 0 Å². The molecule has 1 aromatic carbocycles. The number of halogens is 2. The van der Waals surface area contributed by atoms with Gasteiger partial charge >= 0.3 is 5.97 Å². The largest absolute Gasteiger partial charge is 0.477 e. The van der Waals surface area contributed by atoms with E-state index in [2.05, 4.69) is 31.9 Å². The summed E-state index contributed by atoms with van der Waals surface area (Å²) in [5.74, 6) is -0.975. The minimum atomic E-state index is -0.975. The normalized spacial score (nSPS) is 10.7. The third-order valence-corrected chi connectivity index (χ3v) is 4.92. The smallest absolute Gasteiger partial charge is 0.348 e. The predicted molar refractivity (Wildman–Crippen MR) is 85.9 cm³/mol. The van der Waals surface area contributed by atoms with E-state index in [1.807, 2.05) is 25.1 Å². The van der Waals surface area contributed by atoms with Crippen LogP contribution in [0.4, 0.5) is 5.69 Å². The number of thiophene rings is 1. The highest BCUT2D eigenvalue weighted by molar-refractivity contribution is 9.11. The minimum Gasteiger partial charge on any atom is -0.477 e. The number of aromatic carboxylic acids is 1. The van der Waals surface area contributed by atoms with Crippen LogP contribution in [0.2, 0.25) is 0 Å². The molecule has 3 N–H and O–H groups in total. The monoisotopic (exact) mass is 403 g/mol. The molecule has 0 radical (unpaired) electrons. The number of carboxylic acids is 1. The number of rotatable bonds is 3. The molecule has 0 amide bonds. The number of benzene rings is 1. The molecule has 3 nitrogen and oxygen atoms in total. The number of anilines is 1. The molecule has 1 heterocycles. The third-order valence-electron chi connectivity index (χ3n) is 2.72. The summed E-state index contributed by atoms with van der Waals surface area (Å²) in [5, 5.41) is 9.17. The molecule has 2 aromatic rings. The summed E-state index contributed by atoms with van der Waals surface area (Å²) < 4.78 is 1.87. The summed E-state index contributed by atoms with van der Waals surface area (Å²) in [6, 6.07) is 5.85. The van der Waals surface area contributed by atoms with Gasteiger partial charge in [0.2, 0.25) is 0 Å². The van der Waals surface area contributed by atoms with Crippen molar-refractivity contribution in [3.8, 4) is 10.4 Å². The molecule has 0 saturated heterocycles. The molecule has 19 heavy (non-hydrogen) atoms. The van der Waals surface area contributed by atoms with Crippen molar-refractivity contribution in [2.45, 2.75) is 13.3 Å². The van der Waals surface area contributed by atoms with Crippen molar-refractivity contribution < 1.29 is 9.90 Å². The van der Waals surface area contributed by atoms with E-state index in [1.54, 1.807) is 0 Å². The third kappa shape index (κ3) is 2.85. The zero-order valence-electron chi connectivity index (χ0n) is 10.0. The SMILES string of the molecule is CCc1c(-c2cc(Br)cc(Br)c2)sc(C(=O)O)c1N. The maximum atomic E-state index is 11.2. The van der Waals surface area contributed by atoms with Gasteiger partial charge in [-0.1, -0.05) is 38.8 Å². The highest BCUT2D eigenvalue weighted by Crippen LogP contribution is 2.40. The van der Waals surface area contributed by atoms with Gasteiger partial charge in [0.05, 0.1) is 5.69 Å². The van der Waals surface area contributed by atoms with Crippen molar-refractivity contribution in [1.82, 2.24) is 0 Å².